The van der Waals surface area contributed by atoms with E-state index in [0.717, 1.165) is 41.3 Å². The number of hydrogen-bond acceptors (Lipinski definition) is 4. The second kappa shape index (κ2) is 14.2. The number of carbonyl (C=O) groups is 3. The molecule has 49 heavy (non-hydrogen) atoms. The van der Waals surface area contributed by atoms with Gasteiger partial charge in [0.15, 0.2) is 0 Å². The van der Waals surface area contributed by atoms with Crippen molar-refractivity contribution in [1.29, 1.82) is 0 Å². The van der Waals surface area contributed by atoms with Gasteiger partial charge in [0.1, 0.15) is 18.4 Å². The lowest BCUT2D eigenvalue weighted by Crippen LogP contribution is -2.45. The molecule has 0 saturated heterocycles. The lowest BCUT2D eigenvalue weighted by Gasteiger charge is -2.23. The van der Waals surface area contributed by atoms with Gasteiger partial charge < -0.3 is 25.0 Å². The van der Waals surface area contributed by atoms with Gasteiger partial charge in [-0.15, -0.1) is 0 Å². The van der Waals surface area contributed by atoms with E-state index < -0.39 is 12.0 Å². The van der Waals surface area contributed by atoms with Crippen LogP contribution < -0.4 is 15.4 Å². The fourth-order valence-electron chi connectivity index (χ4n) is 7.25. The number of fused-ring (bicyclic) bond motifs is 5. The van der Waals surface area contributed by atoms with Crippen LogP contribution in [0.4, 0.5) is 5.69 Å². The summed E-state index contributed by atoms with van der Waals surface area (Å²) >= 11 is 0. The van der Waals surface area contributed by atoms with Crippen molar-refractivity contribution in [2.45, 2.75) is 57.0 Å². The quantitative estimate of drug-likeness (QED) is 0.141. The maximum Gasteiger partial charge on any atom is 0.328 e. The molecule has 1 aliphatic carbocycles. The van der Waals surface area contributed by atoms with Crippen LogP contribution in [0.1, 0.15) is 65.1 Å². The highest BCUT2D eigenvalue weighted by molar-refractivity contribution is 6.04. The molecule has 0 radical (unpaired) electrons. The number of nitrogens with zero attached hydrogens (tertiary/aromatic N) is 1. The summed E-state index contributed by atoms with van der Waals surface area (Å²) in [5, 5.41) is 16.0. The minimum Gasteiger partial charge on any atom is -0.491 e. The number of para-hydroxylation sites is 1. The maximum atomic E-state index is 14.0. The van der Waals surface area contributed by atoms with Crippen molar-refractivity contribution in [3.8, 4) is 17.0 Å². The Morgan fingerprint density at radius 3 is 2.43 bits per heavy atom. The molecule has 8 nitrogen and oxygen atoms in total. The molecule has 248 valence electrons. The average Bonchev–Trinajstić information content (AvgIpc) is 3.32. The molecule has 3 N–H and O–H groups in total. The number of carboxylic acids is 1. The number of anilines is 1. The Morgan fingerprint density at radius 2 is 1.65 bits per heavy atom. The first-order valence-electron chi connectivity index (χ1n) is 17.0. The zero-order valence-corrected chi connectivity index (χ0v) is 27.2. The minimum absolute atomic E-state index is 0.306. The standard InChI is InChI=1S/C41H39N3O5/c45-37(46)22-17-27-15-19-31(20-16-27)42-41(48)34(25-28-9-3-1-4-10-28)43-40(47)30-18-21-32-35(26-30)44-23-24-49-36-14-8-7-13-33(36)39(44)38(32)29-11-5-2-6-12-29/h1,3-4,7-10,13-22,26,29,34H,2,5-6,11-12,23-25H2,(H,42,48)(H,43,47)(H,45,46). The van der Waals surface area contributed by atoms with Crippen molar-refractivity contribution >= 4 is 40.4 Å². The number of hydrogen-bond donors (Lipinski definition) is 3. The molecule has 1 saturated carbocycles. The van der Waals surface area contributed by atoms with Crippen LogP contribution in [0.15, 0.2) is 103 Å². The van der Waals surface area contributed by atoms with Crippen LogP contribution in [0.25, 0.3) is 28.2 Å². The Kier molecular flexibility index (Phi) is 9.28. The lowest BCUT2D eigenvalue weighted by atomic mass is 9.81. The number of ether oxygens (including phenoxy) is 1. The highest BCUT2D eigenvalue weighted by Crippen LogP contribution is 2.47. The van der Waals surface area contributed by atoms with E-state index in [1.807, 2.05) is 54.6 Å². The lowest BCUT2D eigenvalue weighted by molar-refractivity contribution is -0.131. The van der Waals surface area contributed by atoms with E-state index in [9.17, 15) is 14.4 Å². The van der Waals surface area contributed by atoms with Gasteiger partial charge in [0, 0.05) is 40.2 Å². The predicted molar refractivity (Wildman–Crippen MR) is 192 cm³/mol. The van der Waals surface area contributed by atoms with Crippen LogP contribution in [-0.2, 0) is 22.6 Å². The molecule has 8 heteroatoms. The van der Waals surface area contributed by atoms with Crippen molar-refractivity contribution in [3.63, 3.8) is 0 Å². The molecule has 0 spiro atoms. The number of aliphatic carboxylic acids is 1. The van der Waals surface area contributed by atoms with E-state index in [2.05, 4.69) is 33.4 Å². The fraction of sp³-hybridized carbons (Fsp3) is 0.244. The molecule has 1 fully saturated rings. The van der Waals surface area contributed by atoms with E-state index in [4.69, 9.17) is 9.84 Å². The summed E-state index contributed by atoms with van der Waals surface area (Å²) in [7, 11) is 0. The monoisotopic (exact) mass is 653 g/mol. The maximum absolute atomic E-state index is 14.0. The summed E-state index contributed by atoms with van der Waals surface area (Å²) in [5.74, 6) is -0.378. The Morgan fingerprint density at radius 1 is 0.898 bits per heavy atom. The van der Waals surface area contributed by atoms with Gasteiger partial charge in [0.25, 0.3) is 5.91 Å². The van der Waals surface area contributed by atoms with Gasteiger partial charge >= 0.3 is 5.97 Å². The highest BCUT2D eigenvalue weighted by Gasteiger charge is 2.30. The summed E-state index contributed by atoms with van der Waals surface area (Å²) < 4.78 is 8.52. The third-order valence-electron chi connectivity index (χ3n) is 9.60. The van der Waals surface area contributed by atoms with Crippen LogP contribution in [0.5, 0.6) is 5.75 Å². The van der Waals surface area contributed by atoms with E-state index in [1.54, 1.807) is 24.3 Å². The molecule has 2 amide bonds. The molecule has 1 atom stereocenters. The first-order valence-corrected chi connectivity index (χ1v) is 17.0. The molecule has 1 aliphatic heterocycles. The number of rotatable bonds is 9. The molecule has 7 rings (SSSR count). The second-order valence-corrected chi connectivity index (χ2v) is 12.8. The van der Waals surface area contributed by atoms with Gasteiger partial charge in [-0.25, -0.2) is 4.79 Å². The number of benzene rings is 4. The SMILES string of the molecule is O=C(O)C=Cc1ccc(NC(=O)C(Cc2ccccc2)NC(=O)c2ccc3c(C4CCCCC4)c4n(c3c2)CCOc2ccccc2-4)cc1. The van der Waals surface area contributed by atoms with Crippen molar-refractivity contribution in [1.82, 2.24) is 9.88 Å². The third kappa shape index (κ3) is 6.99. The summed E-state index contributed by atoms with van der Waals surface area (Å²) in [6.07, 6.45) is 8.84. The zero-order valence-electron chi connectivity index (χ0n) is 27.2. The second-order valence-electron chi connectivity index (χ2n) is 12.8. The Balaban J connectivity index is 1.20. The number of carboxylic acid groups (broad SMARTS) is 1. The van der Waals surface area contributed by atoms with Gasteiger partial charge in [-0.1, -0.05) is 79.9 Å². The predicted octanol–water partition coefficient (Wildman–Crippen LogP) is 7.83. The zero-order chi connectivity index (χ0) is 33.7. The van der Waals surface area contributed by atoms with E-state index in [0.29, 0.717) is 42.3 Å². The van der Waals surface area contributed by atoms with Gasteiger partial charge in [-0.2, -0.15) is 0 Å². The summed E-state index contributed by atoms with van der Waals surface area (Å²) in [6.45, 7) is 1.20. The van der Waals surface area contributed by atoms with Gasteiger partial charge in [0.05, 0.1) is 12.2 Å². The number of amides is 2. The van der Waals surface area contributed by atoms with Crippen molar-refractivity contribution in [2.24, 2.45) is 0 Å². The fourth-order valence-corrected chi connectivity index (χ4v) is 7.25. The molecule has 4 aromatic carbocycles. The topological polar surface area (TPSA) is 110 Å². The third-order valence-corrected chi connectivity index (χ3v) is 9.60. The molecular formula is C41H39N3O5. The average molecular weight is 654 g/mol. The van der Waals surface area contributed by atoms with Crippen LogP contribution in [0.3, 0.4) is 0 Å². The smallest absolute Gasteiger partial charge is 0.328 e. The van der Waals surface area contributed by atoms with Crippen LogP contribution in [-0.4, -0.2) is 40.1 Å². The first kappa shape index (κ1) is 31.9. The molecule has 1 unspecified atom stereocenters. The number of aromatic nitrogens is 1. The van der Waals surface area contributed by atoms with E-state index in [1.165, 1.54) is 42.0 Å². The summed E-state index contributed by atoms with van der Waals surface area (Å²) in [6, 6.07) is 29.8. The molecule has 0 bridgehead atoms. The van der Waals surface area contributed by atoms with Gasteiger partial charge in [-0.05, 0) is 77.9 Å². The normalized spacial score (nSPS) is 15.1. The van der Waals surface area contributed by atoms with Crippen molar-refractivity contribution < 1.29 is 24.2 Å². The molecule has 1 aromatic heterocycles. The van der Waals surface area contributed by atoms with Crippen molar-refractivity contribution in [2.75, 3.05) is 11.9 Å². The Bertz CT molecular complexity index is 2020. The molecule has 2 heterocycles. The number of nitrogens with one attached hydrogen (secondary N) is 2. The van der Waals surface area contributed by atoms with Crippen LogP contribution in [0.2, 0.25) is 0 Å². The van der Waals surface area contributed by atoms with Crippen molar-refractivity contribution in [3.05, 3.63) is 125 Å². The van der Waals surface area contributed by atoms with Crippen LogP contribution >= 0.6 is 0 Å². The molecular weight excluding hydrogens is 614 g/mol. The van der Waals surface area contributed by atoms with Gasteiger partial charge in [-0.3, -0.25) is 9.59 Å². The largest absolute Gasteiger partial charge is 0.491 e. The van der Waals surface area contributed by atoms with E-state index in [-0.39, 0.29) is 11.8 Å². The highest BCUT2D eigenvalue weighted by atomic mass is 16.5. The molecule has 5 aromatic rings. The Labute approximate surface area is 285 Å². The first-order chi connectivity index (χ1) is 23.9. The number of carbonyl (C=O) groups excluding carboxylic acids is 2. The van der Waals surface area contributed by atoms with E-state index >= 15 is 0 Å². The Hall–Kier alpha value is -5.63. The summed E-state index contributed by atoms with van der Waals surface area (Å²) in [4.78, 5) is 38.5. The molecule has 2 aliphatic rings. The summed E-state index contributed by atoms with van der Waals surface area (Å²) in [5.41, 5.74) is 7.28. The van der Waals surface area contributed by atoms with Crippen LogP contribution in [0, 0.1) is 0 Å². The minimum atomic E-state index is -1.03. The van der Waals surface area contributed by atoms with Gasteiger partial charge in [0.2, 0.25) is 5.91 Å².